The van der Waals surface area contributed by atoms with E-state index >= 15 is 0 Å². The van der Waals surface area contributed by atoms with E-state index in [0.717, 1.165) is 77.3 Å². The van der Waals surface area contributed by atoms with Gasteiger partial charge in [-0.3, -0.25) is 14.4 Å². The minimum atomic E-state index is -0.343. The summed E-state index contributed by atoms with van der Waals surface area (Å²) in [6, 6.07) is 0. The Bertz CT molecular complexity index is 1200. The lowest BCUT2D eigenvalue weighted by atomic mass is 9.33. The van der Waals surface area contributed by atoms with Crippen molar-refractivity contribution in [1.29, 1.82) is 0 Å². The molecule has 1 aliphatic heterocycles. The first-order valence-corrected chi connectivity index (χ1v) is 17.2. The minimum absolute atomic E-state index is 0.0237. The summed E-state index contributed by atoms with van der Waals surface area (Å²) in [7, 11) is 0. The molecule has 0 unspecified atom stereocenters. The fourth-order valence-electron chi connectivity index (χ4n) is 12.2. The Labute approximate surface area is 255 Å². The summed E-state index contributed by atoms with van der Waals surface area (Å²) < 4.78 is 5.88. The van der Waals surface area contributed by atoms with Crippen molar-refractivity contribution in [2.45, 2.75) is 139 Å². The third kappa shape index (κ3) is 4.09. The van der Waals surface area contributed by atoms with E-state index in [0.29, 0.717) is 17.6 Å². The van der Waals surface area contributed by atoms with Gasteiger partial charge in [-0.05, 0) is 117 Å². The van der Waals surface area contributed by atoms with E-state index in [1.54, 1.807) is 0 Å². The second kappa shape index (κ2) is 9.67. The van der Waals surface area contributed by atoms with Crippen LogP contribution in [0.1, 0.15) is 132 Å². The second-order valence-electron chi connectivity index (χ2n) is 17.6. The number of hydrogen-bond donors (Lipinski definition) is 0. The normalized spacial score (nSPS) is 48.1. The van der Waals surface area contributed by atoms with Gasteiger partial charge >= 0.3 is 5.97 Å². The van der Waals surface area contributed by atoms with Crippen molar-refractivity contribution in [3.63, 3.8) is 0 Å². The first-order chi connectivity index (χ1) is 19.5. The molecule has 0 aromatic carbocycles. The lowest BCUT2D eigenvalue weighted by Crippen LogP contribution is -2.67. The van der Waals surface area contributed by atoms with Crippen molar-refractivity contribution in [3.8, 4) is 0 Å². The molecule has 1 saturated heterocycles. The maximum Gasteiger partial charge on any atom is 0.302 e. The van der Waals surface area contributed by atoms with E-state index in [-0.39, 0.29) is 56.4 Å². The molecule has 0 spiro atoms. The lowest BCUT2D eigenvalue weighted by molar-refractivity contribution is -0.210. The molecule has 5 aliphatic carbocycles. The molecule has 0 radical (unpaired) electrons. The predicted molar refractivity (Wildman–Crippen MR) is 165 cm³/mol. The van der Waals surface area contributed by atoms with Crippen molar-refractivity contribution in [1.82, 2.24) is 4.90 Å². The number of esters is 1. The van der Waals surface area contributed by atoms with E-state index in [9.17, 15) is 14.4 Å². The van der Waals surface area contributed by atoms with Gasteiger partial charge in [0, 0.05) is 36.8 Å². The molecule has 6 aliphatic rings. The molecular weight excluding hydrogens is 522 g/mol. The van der Waals surface area contributed by atoms with Gasteiger partial charge in [-0.2, -0.15) is 0 Å². The first kappa shape index (κ1) is 30.4. The largest absolute Gasteiger partial charge is 0.462 e. The molecule has 4 saturated carbocycles. The van der Waals surface area contributed by atoms with Crippen LogP contribution in [-0.2, 0) is 19.1 Å². The van der Waals surface area contributed by atoms with E-state index in [1.807, 2.05) is 0 Å². The number of carbonyl (C=O) groups is 3. The molecule has 42 heavy (non-hydrogen) atoms. The highest BCUT2D eigenvalue weighted by atomic mass is 16.5. The van der Waals surface area contributed by atoms with E-state index in [2.05, 4.69) is 59.4 Å². The molecule has 1 amide bonds. The van der Waals surface area contributed by atoms with Gasteiger partial charge in [0.25, 0.3) is 0 Å². The highest BCUT2D eigenvalue weighted by Gasteiger charge is 2.70. The average molecular weight is 580 g/mol. The standard InChI is InChI=1S/C37H57NO4/c1-24(39)42-29-13-14-35(6)28(32(29,2)3)12-15-37(8)30(35)27(40)22-25-26-23-34(5,31(41)38-20-10-9-11-21-38)17-16-33(26,4)18-19-36(25,37)7/h22,26,28-30H,9-21,23H2,1-8H3/t26-,28+,29+,30+,33-,34+,35+,36+,37+/m0/s1. The van der Waals surface area contributed by atoms with Crippen LogP contribution < -0.4 is 0 Å². The zero-order valence-corrected chi connectivity index (χ0v) is 27.9. The molecule has 1 heterocycles. The summed E-state index contributed by atoms with van der Waals surface area (Å²) in [5.41, 5.74) is 0.735. The monoisotopic (exact) mass is 579 g/mol. The number of allylic oxidation sites excluding steroid dienone is 2. The van der Waals surface area contributed by atoms with Gasteiger partial charge in [0.15, 0.2) is 5.78 Å². The summed E-state index contributed by atoms with van der Waals surface area (Å²) in [6.07, 6.45) is 14.6. The predicted octanol–water partition coefficient (Wildman–Crippen LogP) is 7.91. The average Bonchev–Trinajstić information content (AvgIpc) is 2.92. The summed E-state index contributed by atoms with van der Waals surface area (Å²) in [6.45, 7) is 19.9. The Hall–Kier alpha value is -1.65. The molecule has 9 atom stereocenters. The summed E-state index contributed by atoms with van der Waals surface area (Å²) >= 11 is 0. The number of fused-ring (bicyclic) bond motifs is 7. The maximum atomic E-state index is 14.6. The molecule has 234 valence electrons. The number of carbonyl (C=O) groups excluding carboxylic acids is 3. The van der Waals surface area contributed by atoms with Crippen molar-refractivity contribution >= 4 is 17.7 Å². The van der Waals surface area contributed by atoms with Gasteiger partial charge in [0.1, 0.15) is 6.10 Å². The number of hydrogen-bond acceptors (Lipinski definition) is 4. The quantitative estimate of drug-likeness (QED) is 0.312. The topological polar surface area (TPSA) is 63.7 Å². The fraction of sp³-hybridized carbons (Fsp3) is 0.865. The van der Waals surface area contributed by atoms with Gasteiger partial charge in [0.2, 0.25) is 5.91 Å². The molecule has 0 aromatic heterocycles. The van der Waals surface area contributed by atoms with Gasteiger partial charge in [-0.25, -0.2) is 0 Å². The molecule has 0 N–H and O–H groups in total. The van der Waals surface area contributed by atoms with Crippen LogP contribution in [0, 0.1) is 50.2 Å². The van der Waals surface area contributed by atoms with Gasteiger partial charge < -0.3 is 9.64 Å². The van der Waals surface area contributed by atoms with Gasteiger partial charge in [-0.1, -0.05) is 54.0 Å². The van der Waals surface area contributed by atoms with Gasteiger partial charge in [-0.15, -0.1) is 0 Å². The minimum Gasteiger partial charge on any atom is -0.462 e. The Morgan fingerprint density at radius 1 is 0.857 bits per heavy atom. The van der Waals surface area contributed by atoms with Crippen LogP contribution in [0.3, 0.4) is 0 Å². The molecular formula is C37H57NO4. The highest BCUT2D eigenvalue weighted by molar-refractivity contribution is 5.95. The van der Waals surface area contributed by atoms with Crippen molar-refractivity contribution in [2.75, 3.05) is 13.1 Å². The Morgan fingerprint density at radius 3 is 2.19 bits per heavy atom. The number of likely N-dealkylation sites (tertiary alicyclic amines) is 1. The van der Waals surface area contributed by atoms with Crippen molar-refractivity contribution < 1.29 is 19.1 Å². The number of amides is 1. The molecule has 0 bridgehead atoms. The van der Waals surface area contributed by atoms with Crippen LogP contribution in [0.2, 0.25) is 0 Å². The second-order valence-corrected chi connectivity index (χ2v) is 17.6. The smallest absolute Gasteiger partial charge is 0.302 e. The Morgan fingerprint density at radius 2 is 1.52 bits per heavy atom. The van der Waals surface area contributed by atoms with Crippen molar-refractivity contribution in [2.24, 2.45) is 50.2 Å². The van der Waals surface area contributed by atoms with Crippen LogP contribution in [-0.4, -0.2) is 41.8 Å². The molecule has 5 fully saturated rings. The zero-order valence-electron chi connectivity index (χ0n) is 27.9. The van der Waals surface area contributed by atoms with Crippen LogP contribution in [0.25, 0.3) is 0 Å². The lowest BCUT2D eigenvalue weighted by Gasteiger charge is -2.70. The molecule has 6 rings (SSSR count). The summed E-state index contributed by atoms with van der Waals surface area (Å²) in [4.78, 5) is 42.8. The highest BCUT2D eigenvalue weighted by Crippen LogP contribution is 2.75. The SMILES string of the molecule is CC(=O)O[C@@H]1CC[C@]2(C)[C@H](CC[C@]3(C)[C@@H]2C(=O)C=C2[C@@H]4C[C@](C)(C(=O)N5CCCCC5)CC[C@@]4(C)CC[C@]23C)C1(C)C. The van der Waals surface area contributed by atoms with Crippen LogP contribution >= 0.6 is 0 Å². The van der Waals surface area contributed by atoms with E-state index < -0.39 is 0 Å². The number of nitrogens with zero attached hydrogens (tertiary/aromatic N) is 1. The third-order valence-electron chi connectivity index (χ3n) is 15.0. The molecule has 5 nitrogen and oxygen atoms in total. The Kier molecular flexibility index (Phi) is 7.00. The number of ketones is 1. The summed E-state index contributed by atoms with van der Waals surface area (Å²) in [5.74, 6) is 1.09. The number of ether oxygens (including phenoxy) is 1. The maximum absolute atomic E-state index is 14.6. The van der Waals surface area contributed by atoms with Crippen LogP contribution in [0.5, 0.6) is 0 Å². The molecule has 5 heteroatoms. The molecule has 0 aromatic rings. The Balaban J connectivity index is 1.36. The van der Waals surface area contributed by atoms with E-state index in [1.165, 1.54) is 25.3 Å². The van der Waals surface area contributed by atoms with Crippen molar-refractivity contribution in [3.05, 3.63) is 11.6 Å². The summed E-state index contributed by atoms with van der Waals surface area (Å²) in [5, 5.41) is 0. The number of rotatable bonds is 2. The first-order valence-electron chi connectivity index (χ1n) is 17.2. The third-order valence-corrected chi connectivity index (χ3v) is 15.0. The fourth-order valence-corrected chi connectivity index (χ4v) is 12.2. The number of piperidine rings is 1. The van der Waals surface area contributed by atoms with Gasteiger partial charge in [0.05, 0.1) is 0 Å². The van der Waals surface area contributed by atoms with Crippen LogP contribution in [0.15, 0.2) is 11.6 Å². The van der Waals surface area contributed by atoms with E-state index in [4.69, 9.17) is 4.74 Å². The van der Waals surface area contributed by atoms with Crippen LogP contribution in [0.4, 0.5) is 0 Å². The zero-order chi connectivity index (χ0) is 30.5.